The molecular formula is C15H21NO5. The number of ether oxygens (including phenoxy) is 3. The third-order valence-electron chi connectivity index (χ3n) is 4.51. The van der Waals surface area contributed by atoms with Crippen LogP contribution in [0.25, 0.3) is 0 Å². The molecule has 3 heterocycles. The summed E-state index contributed by atoms with van der Waals surface area (Å²) in [6, 6.07) is 0. The van der Waals surface area contributed by atoms with E-state index in [-0.39, 0.29) is 18.0 Å². The van der Waals surface area contributed by atoms with Crippen molar-refractivity contribution in [1.29, 1.82) is 0 Å². The third kappa shape index (κ3) is 2.17. The van der Waals surface area contributed by atoms with Crippen molar-refractivity contribution >= 4 is 11.9 Å². The van der Waals surface area contributed by atoms with Crippen molar-refractivity contribution in [2.45, 2.75) is 25.0 Å². The molecule has 2 saturated heterocycles. The summed E-state index contributed by atoms with van der Waals surface area (Å²) in [6.45, 7) is 3.84. The number of amides is 1. The van der Waals surface area contributed by atoms with E-state index < -0.39 is 17.4 Å². The molecule has 0 aliphatic carbocycles. The molecule has 1 spiro atoms. The van der Waals surface area contributed by atoms with Crippen LogP contribution in [0.5, 0.6) is 0 Å². The molecule has 6 nitrogen and oxygen atoms in total. The topological polar surface area (TPSA) is 65.1 Å². The molecule has 4 atom stereocenters. The summed E-state index contributed by atoms with van der Waals surface area (Å²) in [7, 11) is 1.64. The van der Waals surface area contributed by atoms with Crippen LogP contribution in [0.2, 0.25) is 0 Å². The first-order chi connectivity index (χ1) is 10.1. The molecule has 2 bridgehead atoms. The lowest BCUT2D eigenvalue weighted by Gasteiger charge is -2.22. The van der Waals surface area contributed by atoms with Crippen molar-refractivity contribution in [3.63, 3.8) is 0 Å². The highest BCUT2D eigenvalue weighted by Gasteiger charge is 2.67. The summed E-state index contributed by atoms with van der Waals surface area (Å²) in [5.41, 5.74) is -0.633. The van der Waals surface area contributed by atoms with Crippen LogP contribution in [0.3, 0.4) is 0 Å². The third-order valence-corrected chi connectivity index (χ3v) is 4.51. The average molecular weight is 295 g/mol. The minimum Gasteiger partial charge on any atom is -0.466 e. The maximum atomic E-state index is 12.6. The molecular weight excluding hydrogens is 274 g/mol. The van der Waals surface area contributed by atoms with E-state index in [0.717, 1.165) is 6.42 Å². The van der Waals surface area contributed by atoms with Gasteiger partial charge in [0.15, 0.2) is 0 Å². The molecule has 0 saturated carbocycles. The Morgan fingerprint density at radius 2 is 2.38 bits per heavy atom. The van der Waals surface area contributed by atoms with Crippen LogP contribution in [-0.2, 0) is 23.8 Å². The normalized spacial score (nSPS) is 36.4. The molecule has 2 fully saturated rings. The van der Waals surface area contributed by atoms with Gasteiger partial charge in [-0.05, 0) is 13.3 Å². The molecule has 6 heteroatoms. The number of hydrogen-bond donors (Lipinski definition) is 0. The van der Waals surface area contributed by atoms with Crippen LogP contribution in [-0.4, -0.2) is 61.9 Å². The number of esters is 1. The predicted molar refractivity (Wildman–Crippen MR) is 73.4 cm³/mol. The number of hydrogen-bond acceptors (Lipinski definition) is 5. The summed E-state index contributed by atoms with van der Waals surface area (Å²) >= 11 is 0. The highest BCUT2D eigenvalue weighted by Crippen LogP contribution is 2.52. The van der Waals surface area contributed by atoms with E-state index in [2.05, 4.69) is 0 Å². The van der Waals surface area contributed by atoms with Gasteiger partial charge in [-0.1, -0.05) is 12.2 Å². The van der Waals surface area contributed by atoms with Crippen LogP contribution >= 0.6 is 0 Å². The van der Waals surface area contributed by atoms with Gasteiger partial charge in [0.2, 0.25) is 5.91 Å². The van der Waals surface area contributed by atoms with Crippen LogP contribution in [0.15, 0.2) is 12.2 Å². The molecule has 0 N–H and O–H groups in total. The minimum absolute atomic E-state index is 0.00370. The van der Waals surface area contributed by atoms with Gasteiger partial charge in [0, 0.05) is 20.3 Å². The fourth-order valence-corrected chi connectivity index (χ4v) is 3.67. The molecule has 0 aromatic heterocycles. The first-order valence-electron chi connectivity index (χ1n) is 7.44. The second kappa shape index (κ2) is 5.42. The molecule has 3 aliphatic heterocycles. The Labute approximate surface area is 124 Å². The van der Waals surface area contributed by atoms with Crippen molar-refractivity contribution in [3.05, 3.63) is 12.2 Å². The molecule has 3 aliphatic rings. The SMILES string of the molecule is CCOC(=O)[C@H]1[C@H]2C=C[C@@]3(CN(CCCOC)C(=O)[C@@H]13)O2. The first kappa shape index (κ1) is 14.5. The monoisotopic (exact) mass is 295 g/mol. The number of likely N-dealkylation sites (tertiary alicyclic amines) is 1. The molecule has 21 heavy (non-hydrogen) atoms. The lowest BCUT2D eigenvalue weighted by atomic mass is 9.77. The van der Waals surface area contributed by atoms with E-state index >= 15 is 0 Å². The van der Waals surface area contributed by atoms with Gasteiger partial charge >= 0.3 is 5.97 Å². The zero-order chi connectivity index (χ0) is 15.0. The Morgan fingerprint density at radius 3 is 3.10 bits per heavy atom. The summed E-state index contributed by atoms with van der Waals surface area (Å²) in [4.78, 5) is 26.6. The lowest BCUT2D eigenvalue weighted by molar-refractivity contribution is -0.153. The maximum Gasteiger partial charge on any atom is 0.312 e. The smallest absolute Gasteiger partial charge is 0.312 e. The van der Waals surface area contributed by atoms with Crippen LogP contribution in [0.1, 0.15) is 13.3 Å². The van der Waals surface area contributed by atoms with E-state index in [1.165, 1.54) is 0 Å². The molecule has 0 unspecified atom stereocenters. The largest absolute Gasteiger partial charge is 0.466 e. The van der Waals surface area contributed by atoms with Crippen molar-refractivity contribution in [2.75, 3.05) is 33.4 Å². The molecule has 116 valence electrons. The molecule has 1 amide bonds. The van der Waals surface area contributed by atoms with Gasteiger partial charge in [0.25, 0.3) is 0 Å². The Balaban J connectivity index is 1.77. The molecule has 0 radical (unpaired) electrons. The van der Waals surface area contributed by atoms with Crippen molar-refractivity contribution < 1.29 is 23.8 Å². The second-order valence-corrected chi connectivity index (χ2v) is 5.76. The van der Waals surface area contributed by atoms with Gasteiger partial charge in [-0.3, -0.25) is 9.59 Å². The number of fused-ring (bicyclic) bond motifs is 1. The van der Waals surface area contributed by atoms with Crippen LogP contribution in [0.4, 0.5) is 0 Å². The zero-order valence-electron chi connectivity index (χ0n) is 12.4. The highest BCUT2D eigenvalue weighted by atomic mass is 16.6. The lowest BCUT2D eigenvalue weighted by Crippen LogP contribution is -2.40. The number of methoxy groups -OCH3 is 1. The van der Waals surface area contributed by atoms with Gasteiger partial charge in [-0.15, -0.1) is 0 Å². The van der Waals surface area contributed by atoms with E-state index in [1.54, 1.807) is 18.9 Å². The summed E-state index contributed by atoms with van der Waals surface area (Å²) in [5.74, 6) is -1.27. The van der Waals surface area contributed by atoms with Gasteiger partial charge < -0.3 is 19.1 Å². The van der Waals surface area contributed by atoms with E-state index in [4.69, 9.17) is 14.2 Å². The Morgan fingerprint density at radius 1 is 1.57 bits per heavy atom. The van der Waals surface area contributed by atoms with Crippen molar-refractivity contribution in [1.82, 2.24) is 4.90 Å². The minimum atomic E-state index is -0.633. The number of carbonyl (C=O) groups excluding carboxylic acids is 2. The van der Waals surface area contributed by atoms with Gasteiger partial charge in [-0.25, -0.2) is 0 Å². The quantitative estimate of drug-likeness (QED) is 0.402. The first-order valence-corrected chi connectivity index (χ1v) is 7.44. The summed E-state index contributed by atoms with van der Waals surface area (Å²) in [6.07, 6.45) is 4.30. The summed E-state index contributed by atoms with van der Waals surface area (Å²) < 4.78 is 16.1. The fourth-order valence-electron chi connectivity index (χ4n) is 3.67. The number of carbonyl (C=O) groups is 2. The van der Waals surface area contributed by atoms with Gasteiger partial charge in [0.1, 0.15) is 11.5 Å². The average Bonchev–Trinajstić information content (AvgIpc) is 3.08. The van der Waals surface area contributed by atoms with Gasteiger partial charge in [0.05, 0.1) is 25.2 Å². The Kier molecular flexibility index (Phi) is 3.75. The Bertz CT molecular complexity index is 477. The summed E-state index contributed by atoms with van der Waals surface area (Å²) in [5, 5.41) is 0. The Hall–Kier alpha value is -1.40. The van der Waals surface area contributed by atoms with Crippen LogP contribution in [0, 0.1) is 11.8 Å². The fraction of sp³-hybridized carbons (Fsp3) is 0.733. The highest BCUT2D eigenvalue weighted by molar-refractivity contribution is 5.91. The molecule has 0 aromatic rings. The van der Waals surface area contributed by atoms with Crippen molar-refractivity contribution in [2.24, 2.45) is 11.8 Å². The maximum absolute atomic E-state index is 12.6. The van der Waals surface area contributed by atoms with Crippen LogP contribution < -0.4 is 0 Å². The molecule has 3 rings (SSSR count). The second-order valence-electron chi connectivity index (χ2n) is 5.76. The van der Waals surface area contributed by atoms with E-state index in [9.17, 15) is 9.59 Å². The molecule has 0 aromatic carbocycles. The number of nitrogens with zero attached hydrogens (tertiary/aromatic N) is 1. The number of rotatable bonds is 6. The zero-order valence-corrected chi connectivity index (χ0v) is 12.4. The standard InChI is InChI=1S/C15H21NO5/c1-3-20-14(18)11-10-5-6-15(21-10)9-16(7-4-8-19-2)13(17)12(11)15/h5-6,10-12H,3-4,7-9H2,1-2H3/t10-,11+,12-,15+/m1/s1. The predicted octanol–water partition coefficient (Wildman–Crippen LogP) is 0.368. The van der Waals surface area contributed by atoms with E-state index in [1.807, 2.05) is 12.2 Å². The van der Waals surface area contributed by atoms with E-state index in [0.29, 0.717) is 26.3 Å². The van der Waals surface area contributed by atoms with Gasteiger partial charge in [-0.2, -0.15) is 0 Å². The van der Waals surface area contributed by atoms with Crippen molar-refractivity contribution in [3.8, 4) is 0 Å².